The molecule has 0 amide bonds. The number of pyridine rings is 1. The standard InChI is InChI=1S/C57H36N4/c1-3-15-37(16-4-1)38-26-28-40(29-27-38)55-59-54(39-17-5-2-6-18-39)60-56(61-55)44-34-42(33-43(35-44)53-25-13-14-32-58-53)41-30-31-48-47-21-9-12-24-51(47)57(52(48)36-41)49-22-10-7-19-45(49)46-20-8-11-23-50(46)57/h1-36H. The van der Waals surface area contributed by atoms with E-state index in [0.29, 0.717) is 17.5 Å². The minimum absolute atomic E-state index is 0.444. The van der Waals surface area contributed by atoms with Crippen molar-refractivity contribution in [2.75, 3.05) is 0 Å². The average molecular weight is 777 g/mol. The van der Waals surface area contributed by atoms with Crippen LogP contribution in [0.5, 0.6) is 0 Å². The summed E-state index contributed by atoms with van der Waals surface area (Å²) < 4.78 is 0. The monoisotopic (exact) mass is 776 g/mol. The van der Waals surface area contributed by atoms with Gasteiger partial charge in [-0.3, -0.25) is 4.98 Å². The van der Waals surface area contributed by atoms with Gasteiger partial charge in [-0.2, -0.15) is 0 Å². The predicted octanol–water partition coefficient (Wildman–Crippen LogP) is 13.6. The number of benzene rings is 8. The third-order valence-corrected chi connectivity index (χ3v) is 12.4. The molecule has 0 unspecified atom stereocenters. The summed E-state index contributed by atoms with van der Waals surface area (Å²) in [6, 6.07) is 75.6. The van der Waals surface area contributed by atoms with Gasteiger partial charge in [0, 0.05) is 28.5 Å². The van der Waals surface area contributed by atoms with Crippen LogP contribution < -0.4 is 0 Å². The zero-order chi connectivity index (χ0) is 40.3. The molecule has 0 bridgehead atoms. The highest BCUT2D eigenvalue weighted by atomic mass is 15.0. The van der Waals surface area contributed by atoms with E-state index >= 15 is 0 Å². The summed E-state index contributed by atoms with van der Waals surface area (Å²) in [7, 11) is 0. The Morgan fingerprint density at radius 3 is 1.28 bits per heavy atom. The Morgan fingerprint density at radius 1 is 0.262 bits per heavy atom. The zero-order valence-electron chi connectivity index (χ0n) is 33.1. The number of fused-ring (bicyclic) bond motifs is 10. The number of rotatable bonds is 6. The molecule has 284 valence electrons. The van der Waals surface area contributed by atoms with E-state index in [1.165, 1.54) is 44.5 Å². The van der Waals surface area contributed by atoms with Crippen LogP contribution in [0.4, 0.5) is 0 Å². The van der Waals surface area contributed by atoms with Crippen LogP contribution in [0.2, 0.25) is 0 Å². The molecule has 10 aromatic rings. The lowest BCUT2D eigenvalue weighted by Crippen LogP contribution is -2.25. The Bertz CT molecular complexity index is 3220. The van der Waals surface area contributed by atoms with E-state index < -0.39 is 5.41 Å². The van der Waals surface area contributed by atoms with Crippen LogP contribution in [0.25, 0.3) is 89.9 Å². The first kappa shape index (κ1) is 34.9. The number of aromatic nitrogens is 4. The Kier molecular flexibility index (Phi) is 8.04. The first-order chi connectivity index (χ1) is 30.2. The highest BCUT2D eigenvalue weighted by Crippen LogP contribution is 2.63. The van der Waals surface area contributed by atoms with Crippen LogP contribution >= 0.6 is 0 Å². The van der Waals surface area contributed by atoms with Gasteiger partial charge in [0.1, 0.15) is 0 Å². The second-order valence-corrected chi connectivity index (χ2v) is 15.8. The quantitative estimate of drug-likeness (QED) is 0.169. The van der Waals surface area contributed by atoms with Crippen molar-refractivity contribution in [3.05, 3.63) is 241 Å². The molecule has 0 radical (unpaired) electrons. The molecule has 2 aromatic heterocycles. The third-order valence-electron chi connectivity index (χ3n) is 12.4. The lowest BCUT2D eigenvalue weighted by molar-refractivity contribution is 0.794. The topological polar surface area (TPSA) is 51.6 Å². The minimum atomic E-state index is -0.444. The van der Waals surface area contributed by atoms with Crippen LogP contribution in [-0.4, -0.2) is 19.9 Å². The summed E-state index contributed by atoms with van der Waals surface area (Å²) in [4.78, 5) is 20.3. The molecule has 2 heterocycles. The Morgan fingerprint density at radius 2 is 0.689 bits per heavy atom. The van der Waals surface area contributed by atoms with E-state index in [2.05, 4.69) is 176 Å². The molecule has 4 nitrogen and oxygen atoms in total. The molecule has 2 aliphatic rings. The molecule has 0 fully saturated rings. The average Bonchev–Trinajstić information content (AvgIpc) is 3.82. The van der Waals surface area contributed by atoms with Crippen LogP contribution in [0.3, 0.4) is 0 Å². The summed E-state index contributed by atoms with van der Waals surface area (Å²) in [6.07, 6.45) is 1.85. The fraction of sp³-hybridized carbons (Fsp3) is 0.0175. The fourth-order valence-corrected chi connectivity index (χ4v) is 9.67. The first-order valence-corrected chi connectivity index (χ1v) is 20.7. The van der Waals surface area contributed by atoms with Gasteiger partial charge in [0.2, 0.25) is 0 Å². The van der Waals surface area contributed by atoms with Crippen molar-refractivity contribution in [1.29, 1.82) is 0 Å². The van der Waals surface area contributed by atoms with E-state index in [1.807, 2.05) is 42.6 Å². The molecule has 2 aliphatic carbocycles. The molecule has 4 heteroatoms. The van der Waals surface area contributed by atoms with Gasteiger partial charge in [-0.15, -0.1) is 0 Å². The summed E-state index contributed by atoms with van der Waals surface area (Å²) in [5.74, 6) is 1.83. The van der Waals surface area contributed by atoms with Crippen LogP contribution in [0.1, 0.15) is 22.3 Å². The molecule has 8 aromatic carbocycles. The molecular weight excluding hydrogens is 741 g/mol. The lowest BCUT2D eigenvalue weighted by atomic mass is 9.70. The second-order valence-electron chi connectivity index (χ2n) is 15.8. The molecular formula is C57H36N4. The summed E-state index contributed by atoms with van der Waals surface area (Å²) in [6.45, 7) is 0. The van der Waals surface area contributed by atoms with Crippen molar-refractivity contribution >= 4 is 0 Å². The predicted molar refractivity (Wildman–Crippen MR) is 247 cm³/mol. The fourth-order valence-electron chi connectivity index (χ4n) is 9.67. The molecule has 12 rings (SSSR count). The normalized spacial score (nSPS) is 12.7. The minimum Gasteiger partial charge on any atom is -0.256 e. The maximum Gasteiger partial charge on any atom is 0.164 e. The van der Waals surface area contributed by atoms with Gasteiger partial charge in [0.05, 0.1) is 11.1 Å². The van der Waals surface area contributed by atoms with Crippen molar-refractivity contribution in [2.45, 2.75) is 5.41 Å². The van der Waals surface area contributed by atoms with Gasteiger partial charge in [-0.05, 0) is 103 Å². The van der Waals surface area contributed by atoms with E-state index in [0.717, 1.165) is 50.2 Å². The summed E-state index contributed by atoms with van der Waals surface area (Å²) in [5.41, 5.74) is 19.0. The van der Waals surface area contributed by atoms with Crippen molar-refractivity contribution in [2.24, 2.45) is 0 Å². The molecule has 0 atom stereocenters. The number of hydrogen-bond donors (Lipinski definition) is 0. The van der Waals surface area contributed by atoms with Gasteiger partial charge in [-0.25, -0.2) is 15.0 Å². The third kappa shape index (κ3) is 5.61. The second kappa shape index (κ2) is 14.0. The van der Waals surface area contributed by atoms with Crippen molar-refractivity contribution in [1.82, 2.24) is 19.9 Å². The molecule has 0 aliphatic heterocycles. The number of nitrogens with zero attached hydrogens (tertiary/aromatic N) is 4. The molecule has 0 saturated carbocycles. The van der Waals surface area contributed by atoms with Crippen molar-refractivity contribution < 1.29 is 0 Å². The van der Waals surface area contributed by atoms with Crippen LogP contribution in [-0.2, 0) is 5.41 Å². The lowest BCUT2D eigenvalue weighted by Gasteiger charge is -2.30. The summed E-state index contributed by atoms with van der Waals surface area (Å²) >= 11 is 0. The van der Waals surface area contributed by atoms with Gasteiger partial charge in [0.15, 0.2) is 17.5 Å². The van der Waals surface area contributed by atoms with Gasteiger partial charge >= 0.3 is 0 Å². The Balaban J connectivity index is 1.06. The Hall–Kier alpha value is -8.08. The highest BCUT2D eigenvalue weighted by molar-refractivity contribution is 5.96. The molecule has 0 saturated heterocycles. The first-order valence-electron chi connectivity index (χ1n) is 20.7. The SMILES string of the molecule is c1ccc(-c2ccc(-c3nc(-c4ccccc4)nc(-c4cc(-c5ccc6c(c5)C5(c7ccccc7-c7ccccc75)c5ccccc5-6)cc(-c5ccccn5)c4)n3)cc2)cc1. The smallest absolute Gasteiger partial charge is 0.164 e. The molecule has 1 spiro atoms. The van der Waals surface area contributed by atoms with Crippen molar-refractivity contribution in [3.63, 3.8) is 0 Å². The van der Waals surface area contributed by atoms with E-state index in [4.69, 9.17) is 19.9 Å². The molecule has 0 N–H and O–H groups in total. The van der Waals surface area contributed by atoms with E-state index in [1.54, 1.807) is 0 Å². The van der Waals surface area contributed by atoms with E-state index in [-0.39, 0.29) is 0 Å². The van der Waals surface area contributed by atoms with Crippen molar-refractivity contribution in [3.8, 4) is 89.9 Å². The summed E-state index contributed by atoms with van der Waals surface area (Å²) in [5, 5.41) is 0. The van der Waals surface area contributed by atoms with Gasteiger partial charge in [0.25, 0.3) is 0 Å². The maximum absolute atomic E-state index is 5.22. The highest BCUT2D eigenvalue weighted by Gasteiger charge is 2.51. The van der Waals surface area contributed by atoms with Crippen LogP contribution in [0.15, 0.2) is 219 Å². The van der Waals surface area contributed by atoms with Crippen LogP contribution in [0, 0.1) is 0 Å². The maximum atomic E-state index is 5.22. The number of hydrogen-bond acceptors (Lipinski definition) is 4. The molecule has 61 heavy (non-hydrogen) atoms. The van der Waals surface area contributed by atoms with Gasteiger partial charge < -0.3 is 0 Å². The zero-order valence-corrected chi connectivity index (χ0v) is 33.1. The Labute approximate surface area is 354 Å². The van der Waals surface area contributed by atoms with Gasteiger partial charge in [-0.1, -0.05) is 176 Å². The van der Waals surface area contributed by atoms with E-state index in [9.17, 15) is 0 Å². The largest absolute Gasteiger partial charge is 0.256 e.